The second-order valence-electron chi connectivity index (χ2n) is 3.97. The van der Waals surface area contributed by atoms with Gasteiger partial charge in [-0.3, -0.25) is 4.79 Å². The van der Waals surface area contributed by atoms with Crippen molar-refractivity contribution in [2.45, 2.75) is 19.1 Å². The number of benzene rings is 1. The molecule has 0 fully saturated rings. The van der Waals surface area contributed by atoms with Crippen LogP contribution in [0.5, 0.6) is 5.75 Å². The number of carbonyl (C=O) groups is 1. The number of carbonyl (C=O) groups excluding carboxylic acids is 1. The predicted molar refractivity (Wildman–Crippen MR) is 62.6 cm³/mol. The summed E-state index contributed by atoms with van der Waals surface area (Å²) >= 11 is 0. The van der Waals surface area contributed by atoms with Crippen LogP contribution in [0.1, 0.15) is 18.6 Å². The van der Waals surface area contributed by atoms with Crippen LogP contribution in [0.3, 0.4) is 0 Å². The van der Waals surface area contributed by atoms with E-state index in [4.69, 9.17) is 0 Å². The molecule has 19 heavy (non-hydrogen) atoms. The molecular weight excluding hydrogens is 260 g/mol. The lowest BCUT2D eigenvalue weighted by molar-refractivity contribution is -0.119. The Morgan fingerprint density at radius 1 is 1.37 bits per heavy atom. The van der Waals surface area contributed by atoms with E-state index < -0.39 is 35.5 Å². The van der Waals surface area contributed by atoms with Crippen LogP contribution >= 0.6 is 0 Å². The molecule has 1 amide bonds. The highest BCUT2D eigenvalue weighted by molar-refractivity contribution is 5.72. The number of amides is 1. The molecule has 0 aliphatic heterocycles. The standard InChI is InChI=1S/C12H15F2NO4/c1-6(16)15-5-10(17)11(18)7-3-8(13)12(19-2)9(14)4-7/h3-4,10-11,17-18H,5H2,1-2H3,(H,15,16). The lowest BCUT2D eigenvalue weighted by atomic mass is 10.0. The first-order chi connectivity index (χ1) is 8.86. The van der Waals surface area contributed by atoms with Crippen LogP contribution in [-0.4, -0.2) is 35.9 Å². The second-order valence-corrected chi connectivity index (χ2v) is 3.97. The van der Waals surface area contributed by atoms with E-state index in [9.17, 15) is 23.8 Å². The first-order valence-corrected chi connectivity index (χ1v) is 5.50. The average molecular weight is 275 g/mol. The third-order valence-electron chi connectivity index (χ3n) is 2.49. The van der Waals surface area contributed by atoms with Gasteiger partial charge in [0.05, 0.1) is 7.11 Å². The van der Waals surface area contributed by atoms with Gasteiger partial charge >= 0.3 is 0 Å². The Hall–Kier alpha value is -1.73. The summed E-state index contributed by atoms with van der Waals surface area (Å²) in [6, 6.07) is 1.73. The minimum absolute atomic E-state index is 0.145. The number of aliphatic hydroxyl groups is 2. The molecule has 0 saturated heterocycles. The third-order valence-corrected chi connectivity index (χ3v) is 2.49. The molecule has 0 radical (unpaired) electrons. The molecule has 0 bridgehead atoms. The van der Waals surface area contributed by atoms with E-state index in [0.29, 0.717) is 0 Å². The van der Waals surface area contributed by atoms with Crippen LogP contribution in [0.2, 0.25) is 0 Å². The molecule has 0 aliphatic rings. The molecule has 2 unspecified atom stereocenters. The van der Waals surface area contributed by atoms with E-state index >= 15 is 0 Å². The van der Waals surface area contributed by atoms with Gasteiger partial charge in [0, 0.05) is 13.5 Å². The Balaban J connectivity index is 2.87. The summed E-state index contributed by atoms with van der Waals surface area (Å²) in [6.45, 7) is 1.01. The Labute approximate surface area is 108 Å². The van der Waals surface area contributed by atoms with Crippen LogP contribution in [-0.2, 0) is 4.79 Å². The fourth-order valence-corrected chi connectivity index (χ4v) is 1.53. The van der Waals surface area contributed by atoms with E-state index in [2.05, 4.69) is 10.1 Å². The molecule has 1 aromatic rings. The Kier molecular flexibility index (Phi) is 5.20. The topological polar surface area (TPSA) is 78.8 Å². The van der Waals surface area contributed by atoms with E-state index in [1.54, 1.807) is 0 Å². The molecule has 106 valence electrons. The highest BCUT2D eigenvalue weighted by atomic mass is 19.1. The van der Waals surface area contributed by atoms with Crippen LogP contribution in [0.15, 0.2) is 12.1 Å². The quantitative estimate of drug-likeness (QED) is 0.731. The van der Waals surface area contributed by atoms with Gasteiger partial charge in [-0.05, 0) is 17.7 Å². The van der Waals surface area contributed by atoms with Crippen molar-refractivity contribution < 1.29 is 28.5 Å². The average Bonchev–Trinajstić information content (AvgIpc) is 2.34. The maximum Gasteiger partial charge on any atom is 0.216 e. The third kappa shape index (κ3) is 3.87. The van der Waals surface area contributed by atoms with Crippen LogP contribution < -0.4 is 10.1 Å². The largest absolute Gasteiger partial charge is 0.491 e. The molecule has 2 atom stereocenters. The maximum absolute atomic E-state index is 13.4. The zero-order valence-corrected chi connectivity index (χ0v) is 10.5. The number of hydrogen-bond acceptors (Lipinski definition) is 4. The van der Waals surface area contributed by atoms with Crippen molar-refractivity contribution in [1.29, 1.82) is 0 Å². The molecule has 0 aliphatic carbocycles. The zero-order valence-electron chi connectivity index (χ0n) is 10.5. The zero-order chi connectivity index (χ0) is 14.6. The first kappa shape index (κ1) is 15.3. The molecule has 3 N–H and O–H groups in total. The number of rotatable bonds is 5. The number of hydrogen-bond donors (Lipinski definition) is 3. The Bertz CT molecular complexity index is 444. The van der Waals surface area contributed by atoms with Crippen LogP contribution in [0.4, 0.5) is 8.78 Å². The summed E-state index contributed by atoms with van der Waals surface area (Å²) in [6.07, 6.45) is -2.90. The molecule has 7 heteroatoms. The van der Waals surface area contributed by atoms with Gasteiger partial charge in [0.15, 0.2) is 17.4 Å². The summed E-state index contributed by atoms with van der Waals surface area (Å²) in [7, 11) is 1.11. The smallest absolute Gasteiger partial charge is 0.216 e. The lowest BCUT2D eigenvalue weighted by Crippen LogP contribution is -2.34. The van der Waals surface area contributed by atoms with Gasteiger partial charge in [-0.2, -0.15) is 0 Å². The minimum Gasteiger partial charge on any atom is -0.491 e. The van der Waals surface area contributed by atoms with Crippen molar-refractivity contribution in [2.75, 3.05) is 13.7 Å². The normalized spacial score (nSPS) is 13.8. The van der Waals surface area contributed by atoms with E-state index in [0.717, 1.165) is 19.2 Å². The summed E-state index contributed by atoms with van der Waals surface area (Å²) in [4.78, 5) is 10.7. The number of halogens is 2. The van der Waals surface area contributed by atoms with Crippen molar-refractivity contribution in [1.82, 2.24) is 5.32 Å². The lowest BCUT2D eigenvalue weighted by Gasteiger charge is -2.19. The molecule has 5 nitrogen and oxygen atoms in total. The monoisotopic (exact) mass is 275 g/mol. The van der Waals surface area contributed by atoms with Crippen molar-refractivity contribution in [3.05, 3.63) is 29.3 Å². The Morgan fingerprint density at radius 2 is 1.89 bits per heavy atom. The van der Waals surface area contributed by atoms with Crippen molar-refractivity contribution in [3.8, 4) is 5.75 Å². The van der Waals surface area contributed by atoms with Gasteiger partial charge < -0.3 is 20.3 Å². The molecule has 0 aromatic heterocycles. The number of aliphatic hydroxyl groups excluding tert-OH is 2. The van der Waals surface area contributed by atoms with E-state index in [-0.39, 0.29) is 12.1 Å². The summed E-state index contributed by atoms with van der Waals surface area (Å²) < 4.78 is 31.3. The van der Waals surface area contributed by atoms with E-state index in [1.807, 2.05) is 0 Å². The highest BCUT2D eigenvalue weighted by Crippen LogP contribution is 2.27. The molecule has 1 aromatic carbocycles. The number of nitrogens with one attached hydrogen (secondary N) is 1. The summed E-state index contributed by atoms with van der Waals surface area (Å²) in [5.41, 5.74) is -0.145. The minimum atomic E-state index is -1.53. The molecular formula is C12H15F2NO4. The maximum atomic E-state index is 13.4. The SMILES string of the molecule is COc1c(F)cc(C(O)C(O)CNC(C)=O)cc1F. The van der Waals surface area contributed by atoms with Crippen LogP contribution in [0.25, 0.3) is 0 Å². The van der Waals surface area contributed by atoms with Gasteiger partial charge in [-0.15, -0.1) is 0 Å². The number of methoxy groups -OCH3 is 1. The van der Waals surface area contributed by atoms with Gasteiger partial charge in [-0.1, -0.05) is 0 Å². The fourth-order valence-electron chi connectivity index (χ4n) is 1.53. The summed E-state index contributed by atoms with van der Waals surface area (Å²) in [5, 5.41) is 21.6. The molecule has 1 rings (SSSR count). The molecule has 0 saturated carbocycles. The van der Waals surface area contributed by atoms with E-state index in [1.165, 1.54) is 6.92 Å². The Morgan fingerprint density at radius 3 is 2.32 bits per heavy atom. The second kappa shape index (κ2) is 6.44. The van der Waals surface area contributed by atoms with Gasteiger partial charge in [0.2, 0.25) is 5.91 Å². The van der Waals surface area contributed by atoms with Gasteiger partial charge in [0.1, 0.15) is 12.2 Å². The van der Waals surface area contributed by atoms with Crippen molar-refractivity contribution in [3.63, 3.8) is 0 Å². The van der Waals surface area contributed by atoms with Crippen molar-refractivity contribution >= 4 is 5.91 Å². The first-order valence-electron chi connectivity index (χ1n) is 5.50. The predicted octanol–water partition coefficient (Wildman–Crippen LogP) is 0.504. The van der Waals surface area contributed by atoms with Gasteiger partial charge in [-0.25, -0.2) is 8.78 Å². The summed E-state index contributed by atoms with van der Waals surface area (Å²) in [5.74, 6) is -2.92. The molecule has 0 spiro atoms. The fraction of sp³-hybridized carbons (Fsp3) is 0.417. The van der Waals surface area contributed by atoms with Gasteiger partial charge in [0.25, 0.3) is 0 Å². The molecule has 0 heterocycles. The number of ether oxygens (including phenoxy) is 1. The van der Waals surface area contributed by atoms with Crippen molar-refractivity contribution in [2.24, 2.45) is 0 Å². The van der Waals surface area contributed by atoms with Crippen LogP contribution in [0, 0.1) is 11.6 Å². The highest BCUT2D eigenvalue weighted by Gasteiger charge is 2.22.